The molecular weight excluding hydrogens is 208 g/mol. The lowest BCUT2D eigenvalue weighted by atomic mass is 9.97. The zero-order valence-electron chi connectivity index (χ0n) is 10.5. The van der Waals surface area contributed by atoms with Gasteiger partial charge in [0.05, 0.1) is 9.52 Å². The summed E-state index contributed by atoms with van der Waals surface area (Å²) in [6.07, 6.45) is 8.77. The van der Waals surface area contributed by atoms with Crippen molar-refractivity contribution in [2.45, 2.75) is 45.1 Å². The lowest BCUT2D eigenvalue weighted by Crippen LogP contribution is -2.29. The minimum absolute atomic E-state index is 0.413. The fourth-order valence-corrected chi connectivity index (χ4v) is 3.99. The number of rotatable bonds is 2. The molecule has 0 nitrogen and oxygen atoms in total. The molecule has 0 saturated carbocycles. The van der Waals surface area contributed by atoms with Crippen molar-refractivity contribution in [1.29, 1.82) is 0 Å². The maximum atomic E-state index is 2.44. The maximum absolute atomic E-state index is 2.44. The average molecular weight is 228 g/mol. The average Bonchev–Trinajstić information content (AvgIpc) is 2.26. The highest BCUT2D eigenvalue weighted by atomic mass is 28.2. The summed E-state index contributed by atoms with van der Waals surface area (Å²) in [5.74, 6) is 0. The summed E-state index contributed by atoms with van der Waals surface area (Å²) in [7, 11) is 0.915. The molecule has 0 N–H and O–H groups in total. The number of allylic oxidation sites excluding steroid dienone is 2. The van der Waals surface area contributed by atoms with Gasteiger partial charge in [-0.2, -0.15) is 0 Å². The van der Waals surface area contributed by atoms with Crippen molar-refractivity contribution in [3.8, 4) is 0 Å². The van der Waals surface area contributed by atoms with Gasteiger partial charge in [-0.3, -0.25) is 0 Å². The summed E-state index contributed by atoms with van der Waals surface area (Å²) in [6, 6.07) is 6.71. The van der Waals surface area contributed by atoms with E-state index in [1.54, 1.807) is 5.19 Å². The van der Waals surface area contributed by atoms with E-state index in [-0.39, 0.29) is 0 Å². The van der Waals surface area contributed by atoms with Gasteiger partial charge in [0.1, 0.15) is 0 Å². The lowest BCUT2D eigenvalue weighted by molar-refractivity contribution is 0.600. The van der Waals surface area contributed by atoms with Crippen molar-refractivity contribution in [2.24, 2.45) is 0 Å². The summed E-state index contributed by atoms with van der Waals surface area (Å²) in [6.45, 7) is 6.87. The van der Waals surface area contributed by atoms with Crippen LogP contribution < -0.4 is 5.19 Å². The van der Waals surface area contributed by atoms with Crippen LogP contribution >= 0.6 is 0 Å². The van der Waals surface area contributed by atoms with Crippen LogP contribution in [0.5, 0.6) is 0 Å². The van der Waals surface area contributed by atoms with Gasteiger partial charge in [-0.15, -0.1) is 0 Å². The zero-order chi connectivity index (χ0) is 11.6. The first-order valence-corrected chi connectivity index (χ1v) is 7.13. The van der Waals surface area contributed by atoms with Crippen molar-refractivity contribution in [3.63, 3.8) is 0 Å². The topological polar surface area (TPSA) is 0 Å². The fourth-order valence-electron chi connectivity index (χ4n) is 2.31. The van der Waals surface area contributed by atoms with E-state index in [0.29, 0.717) is 5.04 Å². The van der Waals surface area contributed by atoms with E-state index in [4.69, 9.17) is 0 Å². The number of hydrogen-bond acceptors (Lipinski definition) is 0. The molecule has 1 aliphatic carbocycles. The first-order chi connectivity index (χ1) is 7.61. The van der Waals surface area contributed by atoms with Gasteiger partial charge < -0.3 is 0 Å². The summed E-state index contributed by atoms with van der Waals surface area (Å²) in [5, 5.41) is 1.96. The third kappa shape index (κ3) is 2.46. The van der Waals surface area contributed by atoms with Gasteiger partial charge in [0.15, 0.2) is 0 Å². The Morgan fingerprint density at radius 3 is 2.75 bits per heavy atom. The Morgan fingerprint density at radius 1 is 1.25 bits per heavy atom. The molecule has 0 fully saturated rings. The Hall–Kier alpha value is -0.823. The van der Waals surface area contributed by atoms with Gasteiger partial charge in [0.25, 0.3) is 0 Å². The largest absolute Gasteiger partial charge is 0.0924 e. The van der Waals surface area contributed by atoms with E-state index in [1.807, 2.05) is 0 Å². The molecule has 0 saturated heterocycles. The molecule has 16 heavy (non-hydrogen) atoms. The molecular formula is C15H20Si. The Balaban J connectivity index is 2.23. The van der Waals surface area contributed by atoms with Crippen molar-refractivity contribution >= 4 is 14.7 Å². The normalized spacial score (nSPS) is 24.7. The Morgan fingerprint density at radius 2 is 2.06 bits per heavy atom. The first kappa shape index (κ1) is 11.7. The molecule has 1 unspecified atom stereocenters. The summed E-state index contributed by atoms with van der Waals surface area (Å²) < 4.78 is 0. The summed E-state index contributed by atoms with van der Waals surface area (Å²) >= 11 is 0. The molecule has 1 aromatic carbocycles. The molecule has 1 aliphatic rings. The minimum atomic E-state index is 0.413. The standard InChI is InChI=1S/C15H20Si/c1-12-8-7-9-14(13(12)2)16-15(3)10-5-4-6-11-15/h5,7-10H,4,6,11H2,1-3H3. The molecule has 2 rings (SSSR count). The third-order valence-corrected chi connectivity index (χ3v) is 5.38. The first-order valence-electron chi connectivity index (χ1n) is 6.13. The highest BCUT2D eigenvalue weighted by molar-refractivity contribution is 6.58. The second-order valence-corrected chi connectivity index (χ2v) is 7.02. The van der Waals surface area contributed by atoms with E-state index in [1.165, 1.54) is 30.4 Å². The van der Waals surface area contributed by atoms with E-state index in [2.05, 4.69) is 51.1 Å². The molecule has 0 amide bonds. The van der Waals surface area contributed by atoms with Gasteiger partial charge in [-0.05, 0) is 49.3 Å². The van der Waals surface area contributed by atoms with Crippen LogP contribution in [-0.4, -0.2) is 9.52 Å². The zero-order valence-corrected chi connectivity index (χ0v) is 11.5. The molecule has 0 heterocycles. The second-order valence-electron chi connectivity index (χ2n) is 5.08. The third-order valence-electron chi connectivity index (χ3n) is 3.58. The minimum Gasteiger partial charge on any atom is -0.0883 e. The SMILES string of the molecule is Cc1cccc([Si]C2(C)C=CCCC2)c1C. The van der Waals surface area contributed by atoms with Gasteiger partial charge in [0, 0.05) is 0 Å². The Bertz CT molecular complexity index is 406. The van der Waals surface area contributed by atoms with E-state index < -0.39 is 0 Å². The van der Waals surface area contributed by atoms with Gasteiger partial charge >= 0.3 is 0 Å². The van der Waals surface area contributed by atoms with Crippen LogP contribution in [0.3, 0.4) is 0 Å². The molecule has 2 radical (unpaired) electrons. The summed E-state index contributed by atoms with van der Waals surface area (Å²) in [4.78, 5) is 0. The van der Waals surface area contributed by atoms with E-state index >= 15 is 0 Å². The van der Waals surface area contributed by atoms with Crippen LogP contribution in [-0.2, 0) is 0 Å². The molecule has 0 aliphatic heterocycles. The molecule has 0 spiro atoms. The van der Waals surface area contributed by atoms with E-state index in [0.717, 1.165) is 9.52 Å². The molecule has 0 bridgehead atoms. The predicted octanol–water partition coefficient (Wildman–Crippen LogP) is 3.55. The van der Waals surface area contributed by atoms with Crippen LogP contribution in [0.15, 0.2) is 30.4 Å². The lowest BCUT2D eigenvalue weighted by Gasteiger charge is -2.29. The Labute approximate surface area is 102 Å². The molecule has 0 aromatic heterocycles. The van der Waals surface area contributed by atoms with Crippen molar-refractivity contribution in [3.05, 3.63) is 41.5 Å². The van der Waals surface area contributed by atoms with Gasteiger partial charge in [-0.1, -0.05) is 42.5 Å². The van der Waals surface area contributed by atoms with Gasteiger partial charge in [0.2, 0.25) is 0 Å². The van der Waals surface area contributed by atoms with Crippen LogP contribution in [0.25, 0.3) is 0 Å². The van der Waals surface area contributed by atoms with Crippen LogP contribution in [0, 0.1) is 13.8 Å². The van der Waals surface area contributed by atoms with Crippen LogP contribution in [0.2, 0.25) is 5.04 Å². The van der Waals surface area contributed by atoms with Crippen LogP contribution in [0.4, 0.5) is 0 Å². The highest BCUT2D eigenvalue weighted by Gasteiger charge is 2.24. The maximum Gasteiger partial charge on any atom is 0.0924 e. The smallest absolute Gasteiger partial charge is 0.0883 e. The highest BCUT2D eigenvalue weighted by Crippen LogP contribution is 2.36. The second kappa shape index (κ2) is 4.58. The monoisotopic (exact) mass is 228 g/mol. The van der Waals surface area contributed by atoms with Crippen LogP contribution in [0.1, 0.15) is 37.3 Å². The number of hydrogen-bond donors (Lipinski definition) is 0. The fraction of sp³-hybridized carbons (Fsp3) is 0.467. The van der Waals surface area contributed by atoms with Crippen molar-refractivity contribution < 1.29 is 0 Å². The Kier molecular flexibility index (Phi) is 3.34. The van der Waals surface area contributed by atoms with Crippen molar-refractivity contribution in [1.82, 2.24) is 0 Å². The van der Waals surface area contributed by atoms with Gasteiger partial charge in [-0.25, -0.2) is 0 Å². The molecule has 84 valence electrons. The molecule has 1 atom stereocenters. The predicted molar refractivity (Wildman–Crippen MR) is 72.7 cm³/mol. The quantitative estimate of drug-likeness (QED) is 0.536. The molecule has 1 heteroatoms. The number of benzene rings is 1. The summed E-state index contributed by atoms with van der Waals surface area (Å²) in [5.41, 5.74) is 2.91. The number of aryl methyl sites for hydroxylation is 1. The molecule has 1 aromatic rings. The van der Waals surface area contributed by atoms with Crippen molar-refractivity contribution in [2.75, 3.05) is 0 Å². The van der Waals surface area contributed by atoms with E-state index in [9.17, 15) is 0 Å².